The van der Waals surface area contributed by atoms with Gasteiger partial charge in [0.15, 0.2) is 0 Å². The average Bonchev–Trinajstić information content (AvgIpc) is 3.13. The molecule has 2 amide bonds. The Morgan fingerprint density at radius 1 is 0.967 bits per heavy atom. The minimum atomic E-state index is -0.612. The molecule has 1 fully saturated rings. The first-order valence-corrected chi connectivity index (χ1v) is 10.5. The van der Waals surface area contributed by atoms with E-state index in [0.29, 0.717) is 29.0 Å². The molecule has 0 aliphatic heterocycles. The highest BCUT2D eigenvalue weighted by atomic mass is 19.1. The summed E-state index contributed by atoms with van der Waals surface area (Å²) in [6, 6.07) is 13.0. The molecule has 0 atom stereocenters. The van der Waals surface area contributed by atoms with E-state index < -0.39 is 11.7 Å². The summed E-state index contributed by atoms with van der Waals surface area (Å²) in [5, 5.41) is 6.03. The molecule has 5 nitrogen and oxygen atoms in total. The topological polar surface area (TPSA) is 71.3 Å². The summed E-state index contributed by atoms with van der Waals surface area (Å²) in [6.07, 6.45) is 7.36. The maximum Gasteiger partial charge on any atom is 0.293 e. The van der Waals surface area contributed by atoms with E-state index in [1.807, 2.05) is 6.07 Å². The van der Waals surface area contributed by atoms with Gasteiger partial charge in [-0.25, -0.2) is 4.39 Å². The zero-order valence-electron chi connectivity index (χ0n) is 16.7. The molecule has 0 unspecified atom stereocenters. The second-order valence-electron chi connectivity index (χ2n) is 7.83. The van der Waals surface area contributed by atoms with Gasteiger partial charge in [-0.2, -0.15) is 0 Å². The Morgan fingerprint density at radius 3 is 2.50 bits per heavy atom. The molecule has 0 spiro atoms. The predicted octanol–water partition coefficient (Wildman–Crippen LogP) is 6.12. The van der Waals surface area contributed by atoms with Crippen molar-refractivity contribution in [1.29, 1.82) is 0 Å². The van der Waals surface area contributed by atoms with E-state index >= 15 is 0 Å². The number of furan rings is 1. The Balaban J connectivity index is 1.53. The Kier molecular flexibility index (Phi) is 6.12. The van der Waals surface area contributed by atoms with E-state index in [4.69, 9.17) is 4.42 Å². The van der Waals surface area contributed by atoms with Crippen LogP contribution in [0.3, 0.4) is 0 Å². The summed E-state index contributed by atoms with van der Waals surface area (Å²) in [5.74, 6) is -0.745. The zero-order valence-corrected chi connectivity index (χ0v) is 16.7. The Morgan fingerprint density at radius 2 is 1.70 bits per heavy atom. The summed E-state index contributed by atoms with van der Waals surface area (Å²) in [4.78, 5) is 25.5. The van der Waals surface area contributed by atoms with Crippen molar-refractivity contribution in [2.75, 3.05) is 10.6 Å². The van der Waals surface area contributed by atoms with Crippen molar-refractivity contribution in [3.05, 3.63) is 60.1 Å². The third-order valence-corrected chi connectivity index (χ3v) is 5.69. The third-order valence-electron chi connectivity index (χ3n) is 5.69. The number of nitrogens with one attached hydrogen (secondary N) is 2. The van der Waals surface area contributed by atoms with Crippen molar-refractivity contribution in [3.63, 3.8) is 0 Å². The van der Waals surface area contributed by atoms with E-state index in [2.05, 4.69) is 10.6 Å². The molecule has 2 aromatic carbocycles. The van der Waals surface area contributed by atoms with E-state index in [9.17, 15) is 14.0 Å². The van der Waals surface area contributed by atoms with Crippen LogP contribution in [0.2, 0.25) is 0 Å². The van der Waals surface area contributed by atoms with Gasteiger partial charge in [0.25, 0.3) is 5.91 Å². The van der Waals surface area contributed by atoms with Crippen LogP contribution in [0, 0.1) is 11.7 Å². The van der Waals surface area contributed by atoms with Gasteiger partial charge in [-0.3, -0.25) is 9.59 Å². The number of para-hydroxylation sites is 2. The molecule has 6 heteroatoms. The molecule has 4 rings (SSSR count). The summed E-state index contributed by atoms with van der Waals surface area (Å²) in [5.41, 5.74) is 0.865. The number of rotatable bonds is 6. The molecule has 1 heterocycles. The maximum absolute atomic E-state index is 13.9. The van der Waals surface area contributed by atoms with Crippen LogP contribution in [-0.2, 0) is 4.79 Å². The number of benzene rings is 2. The van der Waals surface area contributed by atoms with Crippen molar-refractivity contribution in [2.45, 2.75) is 44.9 Å². The second-order valence-corrected chi connectivity index (χ2v) is 7.83. The Bertz CT molecular complexity index is 1050. The molecular formula is C24H25FN2O3. The van der Waals surface area contributed by atoms with Crippen molar-refractivity contribution >= 4 is 34.2 Å². The van der Waals surface area contributed by atoms with Crippen LogP contribution in [-0.4, -0.2) is 11.8 Å². The van der Waals surface area contributed by atoms with E-state index in [1.165, 1.54) is 44.2 Å². The predicted molar refractivity (Wildman–Crippen MR) is 115 cm³/mol. The van der Waals surface area contributed by atoms with E-state index in [-0.39, 0.29) is 17.4 Å². The summed E-state index contributed by atoms with van der Waals surface area (Å²) < 4.78 is 19.7. The molecule has 1 aliphatic carbocycles. The molecule has 1 saturated carbocycles. The van der Waals surface area contributed by atoms with Gasteiger partial charge < -0.3 is 15.1 Å². The zero-order chi connectivity index (χ0) is 20.9. The highest BCUT2D eigenvalue weighted by molar-refractivity contribution is 6.14. The molecule has 30 heavy (non-hydrogen) atoms. The lowest BCUT2D eigenvalue weighted by Crippen LogP contribution is -2.18. The highest BCUT2D eigenvalue weighted by Crippen LogP contribution is 2.32. The highest BCUT2D eigenvalue weighted by Gasteiger charge is 2.23. The third kappa shape index (κ3) is 4.53. The van der Waals surface area contributed by atoms with Crippen LogP contribution < -0.4 is 10.6 Å². The maximum atomic E-state index is 13.9. The monoisotopic (exact) mass is 408 g/mol. The molecule has 3 aromatic rings. The number of carbonyl (C=O) groups excluding carboxylic acids is 2. The average molecular weight is 408 g/mol. The van der Waals surface area contributed by atoms with Crippen LogP contribution in [0.25, 0.3) is 11.0 Å². The van der Waals surface area contributed by atoms with Crippen molar-refractivity contribution in [3.8, 4) is 0 Å². The van der Waals surface area contributed by atoms with Crippen molar-refractivity contribution in [1.82, 2.24) is 0 Å². The number of halogens is 1. The van der Waals surface area contributed by atoms with Gasteiger partial charge >= 0.3 is 0 Å². The Hall–Kier alpha value is -3.15. The van der Waals surface area contributed by atoms with Crippen LogP contribution >= 0.6 is 0 Å². The van der Waals surface area contributed by atoms with Crippen molar-refractivity contribution < 1.29 is 18.4 Å². The number of fused-ring (bicyclic) bond motifs is 1. The first-order chi connectivity index (χ1) is 14.6. The SMILES string of the molecule is O=C(CCC1CCCCC1)Nc1c(C(=O)Nc2ccccc2F)oc2ccccc12. The summed E-state index contributed by atoms with van der Waals surface area (Å²) in [6.45, 7) is 0. The van der Waals surface area contributed by atoms with Gasteiger partial charge in [0.1, 0.15) is 17.1 Å². The second kappa shape index (κ2) is 9.11. The normalized spacial score (nSPS) is 14.6. The number of hydrogen-bond donors (Lipinski definition) is 2. The van der Waals surface area contributed by atoms with Gasteiger partial charge in [-0.1, -0.05) is 56.4 Å². The fraction of sp³-hybridized carbons (Fsp3) is 0.333. The van der Waals surface area contributed by atoms with Gasteiger partial charge in [-0.05, 0) is 36.6 Å². The van der Waals surface area contributed by atoms with Crippen LogP contribution in [0.5, 0.6) is 0 Å². The first-order valence-electron chi connectivity index (χ1n) is 10.5. The first kappa shape index (κ1) is 20.1. The molecule has 2 N–H and O–H groups in total. The lowest BCUT2D eigenvalue weighted by molar-refractivity contribution is -0.116. The van der Waals surface area contributed by atoms with Crippen LogP contribution in [0.1, 0.15) is 55.5 Å². The number of amides is 2. The van der Waals surface area contributed by atoms with Crippen molar-refractivity contribution in [2.24, 2.45) is 5.92 Å². The summed E-state index contributed by atoms with van der Waals surface area (Å²) in [7, 11) is 0. The molecule has 0 radical (unpaired) electrons. The summed E-state index contributed by atoms with van der Waals surface area (Å²) >= 11 is 0. The molecule has 0 saturated heterocycles. The molecule has 1 aliphatic rings. The number of carbonyl (C=O) groups is 2. The standard InChI is InChI=1S/C24H25FN2O3/c25-18-11-5-6-12-19(18)26-24(29)23-22(17-10-4-7-13-20(17)30-23)27-21(28)15-14-16-8-2-1-3-9-16/h4-7,10-13,16H,1-3,8-9,14-15H2,(H,26,29)(H,27,28). The molecule has 156 valence electrons. The molecule has 0 bridgehead atoms. The van der Waals surface area contributed by atoms with Gasteiger partial charge in [0.2, 0.25) is 11.7 Å². The van der Waals surface area contributed by atoms with Gasteiger partial charge in [-0.15, -0.1) is 0 Å². The van der Waals surface area contributed by atoms with Crippen LogP contribution in [0.15, 0.2) is 52.9 Å². The largest absolute Gasteiger partial charge is 0.449 e. The number of anilines is 2. The van der Waals surface area contributed by atoms with E-state index in [0.717, 1.165) is 6.42 Å². The molecule has 1 aromatic heterocycles. The minimum absolute atomic E-state index is 0.0366. The molecular weight excluding hydrogens is 383 g/mol. The Labute approximate surface area is 174 Å². The fourth-order valence-corrected chi connectivity index (χ4v) is 4.08. The van der Waals surface area contributed by atoms with E-state index in [1.54, 1.807) is 30.3 Å². The van der Waals surface area contributed by atoms with Crippen LogP contribution in [0.4, 0.5) is 15.8 Å². The van der Waals surface area contributed by atoms with Gasteiger partial charge in [0, 0.05) is 11.8 Å². The van der Waals surface area contributed by atoms with Gasteiger partial charge in [0.05, 0.1) is 5.69 Å². The number of hydrogen-bond acceptors (Lipinski definition) is 3. The minimum Gasteiger partial charge on any atom is -0.449 e. The quantitative estimate of drug-likeness (QED) is 0.516. The smallest absolute Gasteiger partial charge is 0.293 e. The fourth-order valence-electron chi connectivity index (χ4n) is 4.08. The lowest BCUT2D eigenvalue weighted by Gasteiger charge is -2.21. The lowest BCUT2D eigenvalue weighted by atomic mass is 9.86.